The molecule has 0 aliphatic heterocycles. The first kappa shape index (κ1) is 11.3. The van der Waals surface area contributed by atoms with E-state index in [9.17, 15) is 0 Å². The predicted octanol–water partition coefficient (Wildman–Crippen LogP) is 1.71. The van der Waals surface area contributed by atoms with Gasteiger partial charge in [-0.1, -0.05) is 13.8 Å². The first-order valence-electron chi connectivity index (χ1n) is 5.32. The second-order valence-electron chi connectivity index (χ2n) is 3.28. The van der Waals surface area contributed by atoms with Crippen molar-refractivity contribution in [3.05, 3.63) is 24.2 Å². The second kappa shape index (κ2) is 6.62. The van der Waals surface area contributed by atoms with Gasteiger partial charge in [-0.15, -0.1) is 0 Å². The summed E-state index contributed by atoms with van der Waals surface area (Å²) in [4.78, 5) is 2.40. The monoisotopic (exact) mass is 196 g/mol. The van der Waals surface area contributed by atoms with Crippen molar-refractivity contribution in [3.63, 3.8) is 0 Å². The minimum Gasteiger partial charge on any atom is -0.468 e. The number of furan rings is 1. The topological polar surface area (TPSA) is 28.4 Å². The van der Waals surface area contributed by atoms with E-state index in [0.29, 0.717) is 0 Å². The molecule has 80 valence electrons. The molecular formula is C11H20N2O. The largest absolute Gasteiger partial charge is 0.468 e. The van der Waals surface area contributed by atoms with Crippen LogP contribution in [0.15, 0.2) is 22.8 Å². The van der Waals surface area contributed by atoms with Crippen molar-refractivity contribution < 1.29 is 4.42 Å². The fourth-order valence-electron chi connectivity index (χ4n) is 1.40. The molecule has 14 heavy (non-hydrogen) atoms. The molecule has 0 amide bonds. The summed E-state index contributed by atoms with van der Waals surface area (Å²) in [7, 11) is 0. The molecule has 1 rings (SSSR count). The van der Waals surface area contributed by atoms with Crippen LogP contribution in [0.5, 0.6) is 0 Å². The second-order valence-corrected chi connectivity index (χ2v) is 3.28. The zero-order chi connectivity index (χ0) is 10.2. The molecule has 0 aromatic carbocycles. The summed E-state index contributed by atoms with van der Waals surface area (Å²) < 4.78 is 5.22. The van der Waals surface area contributed by atoms with Crippen LogP contribution in [0, 0.1) is 0 Å². The van der Waals surface area contributed by atoms with Crippen molar-refractivity contribution >= 4 is 0 Å². The molecule has 1 N–H and O–H groups in total. The molecule has 1 heterocycles. The van der Waals surface area contributed by atoms with Crippen molar-refractivity contribution in [1.82, 2.24) is 10.2 Å². The average molecular weight is 196 g/mol. The Bertz CT molecular complexity index is 217. The fourth-order valence-corrected chi connectivity index (χ4v) is 1.40. The summed E-state index contributed by atoms with van der Waals surface area (Å²) in [6, 6.07) is 3.91. The minimum atomic E-state index is 0.828. The van der Waals surface area contributed by atoms with Crippen molar-refractivity contribution in [1.29, 1.82) is 0 Å². The third-order valence-electron chi connectivity index (χ3n) is 2.38. The number of nitrogens with zero attached hydrogens (tertiary/aromatic N) is 1. The van der Waals surface area contributed by atoms with Gasteiger partial charge in [0.25, 0.3) is 0 Å². The van der Waals surface area contributed by atoms with Crippen LogP contribution in [0.25, 0.3) is 0 Å². The Kier molecular flexibility index (Phi) is 5.33. The van der Waals surface area contributed by atoms with Gasteiger partial charge in [0.05, 0.1) is 12.8 Å². The minimum absolute atomic E-state index is 0.828. The molecule has 0 fully saturated rings. The van der Waals surface area contributed by atoms with Crippen LogP contribution < -0.4 is 5.32 Å². The van der Waals surface area contributed by atoms with E-state index >= 15 is 0 Å². The Morgan fingerprint density at radius 2 is 2.14 bits per heavy atom. The van der Waals surface area contributed by atoms with Crippen molar-refractivity contribution in [3.8, 4) is 0 Å². The molecule has 0 radical (unpaired) electrons. The third kappa shape index (κ3) is 3.94. The summed E-state index contributed by atoms with van der Waals surface area (Å²) in [5.41, 5.74) is 0. The maximum Gasteiger partial charge on any atom is 0.117 e. The van der Waals surface area contributed by atoms with Gasteiger partial charge in [0.1, 0.15) is 5.76 Å². The molecule has 0 unspecified atom stereocenters. The van der Waals surface area contributed by atoms with E-state index in [-0.39, 0.29) is 0 Å². The molecule has 0 spiro atoms. The van der Waals surface area contributed by atoms with E-state index in [1.54, 1.807) is 6.26 Å². The summed E-state index contributed by atoms with van der Waals surface area (Å²) >= 11 is 0. The summed E-state index contributed by atoms with van der Waals surface area (Å²) in [6.07, 6.45) is 1.71. The highest BCUT2D eigenvalue weighted by Gasteiger charge is 1.98. The van der Waals surface area contributed by atoms with Gasteiger partial charge >= 0.3 is 0 Å². The van der Waals surface area contributed by atoms with E-state index in [1.165, 1.54) is 0 Å². The normalized spacial score (nSPS) is 11.1. The molecule has 0 atom stereocenters. The predicted molar refractivity (Wildman–Crippen MR) is 58.2 cm³/mol. The van der Waals surface area contributed by atoms with Crippen LogP contribution in [0.3, 0.4) is 0 Å². The first-order valence-corrected chi connectivity index (χ1v) is 5.32. The molecule has 0 bridgehead atoms. The SMILES string of the molecule is CCN(CC)CCNCc1ccco1. The van der Waals surface area contributed by atoms with Gasteiger partial charge in [-0.05, 0) is 25.2 Å². The molecule has 3 heteroatoms. The van der Waals surface area contributed by atoms with Crippen LogP contribution in [0.1, 0.15) is 19.6 Å². The van der Waals surface area contributed by atoms with E-state index < -0.39 is 0 Å². The van der Waals surface area contributed by atoms with E-state index in [2.05, 4.69) is 24.1 Å². The third-order valence-corrected chi connectivity index (χ3v) is 2.38. The molecule has 0 aliphatic rings. The van der Waals surface area contributed by atoms with Crippen LogP contribution >= 0.6 is 0 Å². The molecule has 0 saturated carbocycles. The lowest BCUT2D eigenvalue weighted by atomic mass is 10.4. The fraction of sp³-hybridized carbons (Fsp3) is 0.636. The van der Waals surface area contributed by atoms with Gasteiger partial charge in [-0.2, -0.15) is 0 Å². The summed E-state index contributed by atoms with van der Waals surface area (Å²) in [5, 5.41) is 3.35. The molecule has 1 aromatic rings. The molecule has 0 aliphatic carbocycles. The van der Waals surface area contributed by atoms with Gasteiger partial charge in [-0.25, -0.2) is 0 Å². The molecule has 1 aromatic heterocycles. The smallest absolute Gasteiger partial charge is 0.117 e. The van der Waals surface area contributed by atoms with Crippen LogP contribution in [0.2, 0.25) is 0 Å². The maximum absolute atomic E-state index is 5.22. The molecule has 0 saturated heterocycles. The molecular weight excluding hydrogens is 176 g/mol. The van der Waals surface area contributed by atoms with Crippen LogP contribution in [0.4, 0.5) is 0 Å². The highest BCUT2D eigenvalue weighted by Crippen LogP contribution is 1.97. The first-order chi connectivity index (χ1) is 6.86. The maximum atomic E-state index is 5.22. The lowest BCUT2D eigenvalue weighted by Gasteiger charge is -2.17. The average Bonchev–Trinajstić information content (AvgIpc) is 2.71. The highest BCUT2D eigenvalue weighted by molar-refractivity contribution is 4.97. The zero-order valence-electron chi connectivity index (χ0n) is 9.12. The van der Waals surface area contributed by atoms with Gasteiger partial charge in [0, 0.05) is 13.1 Å². The van der Waals surface area contributed by atoms with Crippen molar-refractivity contribution in [2.24, 2.45) is 0 Å². The van der Waals surface area contributed by atoms with Gasteiger partial charge in [0.15, 0.2) is 0 Å². The number of hydrogen-bond donors (Lipinski definition) is 1. The van der Waals surface area contributed by atoms with E-state index in [1.807, 2.05) is 12.1 Å². The Morgan fingerprint density at radius 3 is 2.71 bits per heavy atom. The number of nitrogens with one attached hydrogen (secondary N) is 1. The van der Waals surface area contributed by atoms with E-state index in [0.717, 1.165) is 38.5 Å². The van der Waals surface area contributed by atoms with Crippen molar-refractivity contribution in [2.45, 2.75) is 20.4 Å². The Balaban J connectivity index is 2.04. The van der Waals surface area contributed by atoms with Gasteiger partial charge < -0.3 is 14.6 Å². The van der Waals surface area contributed by atoms with Gasteiger partial charge in [-0.3, -0.25) is 0 Å². The molecule has 3 nitrogen and oxygen atoms in total. The standard InChI is InChI=1S/C11H20N2O/c1-3-13(4-2)8-7-12-10-11-6-5-9-14-11/h5-6,9,12H,3-4,7-8,10H2,1-2H3. The zero-order valence-corrected chi connectivity index (χ0v) is 9.12. The lowest BCUT2D eigenvalue weighted by Crippen LogP contribution is -2.31. The van der Waals surface area contributed by atoms with Gasteiger partial charge in [0.2, 0.25) is 0 Å². The number of hydrogen-bond acceptors (Lipinski definition) is 3. The van der Waals surface area contributed by atoms with Crippen LogP contribution in [-0.4, -0.2) is 31.1 Å². The number of likely N-dealkylation sites (N-methyl/N-ethyl adjacent to an activating group) is 1. The number of rotatable bonds is 7. The Labute approximate surface area is 86.1 Å². The Hall–Kier alpha value is -0.800. The lowest BCUT2D eigenvalue weighted by molar-refractivity contribution is 0.300. The Morgan fingerprint density at radius 1 is 1.36 bits per heavy atom. The van der Waals surface area contributed by atoms with Crippen molar-refractivity contribution in [2.75, 3.05) is 26.2 Å². The quantitative estimate of drug-likeness (QED) is 0.673. The van der Waals surface area contributed by atoms with Crippen LogP contribution in [-0.2, 0) is 6.54 Å². The highest BCUT2D eigenvalue weighted by atomic mass is 16.3. The summed E-state index contributed by atoms with van der Waals surface area (Å²) in [5.74, 6) is 1.00. The van der Waals surface area contributed by atoms with E-state index in [4.69, 9.17) is 4.42 Å². The summed E-state index contributed by atoms with van der Waals surface area (Å²) in [6.45, 7) is 9.58.